The zero-order valence-electron chi connectivity index (χ0n) is 7.51. The summed E-state index contributed by atoms with van der Waals surface area (Å²) >= 11 is 8.80. The summed E-state index contributed by atoms with van der Waals surface area (Å²) in [5.74, 6) is 0.585. The van der Waals surface area contributed by atoms with Gasteiger partial charge in [-0.2, -0.15) is 0 Å². The van der Waals surface area contributed by atoms with E-state index in [1.165, 1.54) is 12.3 Å². The molecule has 1 heterocycles. The van der Waals surface area contributed by atoms with Crippen molar-refractivity contribution in [1.82, 2.24) is 4.98 Å². The zero-order chi connectivity index (χ0) is 10.8. The van der Waals surface area contributed by atoms with E-state index in [4.69, 9.17) is 16.0 Å². The van der Waals surface area contributed by atoms with E-state index in [-0.39, 0.29) is 11.7 Å². The van der Waals surface area contributed by atoms with Crippen LogP contribution in [0.15, 0.2) is 33.3 Å². The fourth-order valence-electron chi connectivity index (χ4n) is 1.18. The van der Waals surface area contributed by atoms with Crippen LogP contribution in [0.2, 0.25) is 0 Å². The van der Waals surface area contributed by atoms with E-state index in [0.29, 0.717) is 17.2 Å². The Labute approximate surface area is 99.2 Å². The molecule has 5 heteroatoms. The molecule has 78 valence electrons. The fraction of sp³-hybridized carbons (Fsp3) is 0.100. The third kappa shape index (κ3) is 2.21. The second-order valence-corrected chi connectivity index (χ2v) is 4.06. The number of halogens is 3. The van der Waals surface area contributed by atoms with Gasteiger partial charge in [0, 0.05) is 4.47 Å². The van der Waals surface area contributed by atoms with Gasteiger partial charge in [-0.1, -0.05) is 15.9 Å². The summed E-state index contributed by atoms with van der Waals surface area (Å²) in [6.45, 7) is 0. The van der Waals surface area contributed by atoms with E-state index in [2.05, 4.69) is 20.9 Å². The van der Waals surface area contributed by atoms with Crippen LogP contribution in [0.5, 0.6) is 0 Å². The largest absolute Gasteiger partial charge is 0.439 e. The molecule has 1 aromatic carbocycles. The van der Waals surface area contributed by atoms with Crippen molar-refractivity contribution >= 4 is 27.5 Å². The minimum absolute atomic E-state index is 0.176. The maximum absolute atomic E-state index is 13.4. The summed E-state index contributed by atoms with van der Waals surface area (Å²) in [4.78, 5) is 3.90. The predicted octanol–water partition coefficient (Wildman–Crippen LogP) is 3.98. The maximum atomic E-state index is 13.4. The molecule has 1 aromatic heterocycles. The third-order valence-corrected chi connectivity index (χ3v) is 2.58. The molecule has 0 saturated carbocycles. The van der Waals surface area contributed by atoms with Gasteiger partial charge in [-0.25, -0.2) is 9.37 Å². The number of rotatable bonds is 2. The number of hydrogen-bond acceptors (Lipinski definition) is 2. The van der Waals surface area contributed by atoms with Gasteiger partial charge in [0.1, 0.15) is 5.82 Å². The lowest BCUT2D eigenvalue weighted by molar-refractivity contribution is 0.523. The van der Waals surface area contributed by atoms with Crippen molar-refractivity contribution in [2.24, 2.45) is 0 Å². The van der Waals surface area contributed by atoms with Crippen molar-refractivity contribution in [3.63, 3.8) is 0 Å². The normalized spacial score (nSPS) is 10.6. The Bertz CT molecular complexity index is 486. The van der Waals surface area contributed by atoms with E-state index in [1.54, 1.807) is 12.1 Å². The van der Waals surface area contributed by atoms with Gasteiger partial charge in [0.05, 0.1) is 17.6 Å². The molecular formula is C10H6BrClFNO. The highest BCUT2D eigenvalue weighted by Gasteiger charge is 2.10. The molecule has 0 bridgehead atoms. The Morgan fingerprint density at radius 1 is 1.47 bits per heavy atom. The molecule has 2 nitrogen and oxygen atoms in total. The molecule has 0 saturated heterocycles. The first-order valence-electron chi connectivity index (χ1n) is 4.17. The Hall–Kier alpha value is -0.870. The summed E-state index contributed by atoms with van der Waals surface area (Å²) in [6.07, 6.45) is 1.46. The molecule has 0 atom stereocenters. The molecule has 15 heavy (non-hydrogen) atoms. The highest BCUT2D eigenvalue weighted by atomic mass is 79.9. The van der Waals surface area contributed by atoms with E-state index in [1.807, 2.05) is 0 Å². The average molecular weight is 291 g/mol. The van der Waals surface area contributed by atoms with E-state index in [9.17, 15) is 4.39 Å². The minimum atomic E-state index is -0.351. The van der Waals surface area contributed by atoms with Crippen LogP contribution in [0.25, 0.3) is 11.3 Å². The average Bonchev–Trinajstić information content (AvgIpc) is 2.70. The SMILES string of the molecule is Fc1ccc(Br)cc1-c1cnc(CCl)o1. The number of benzene rings is 1. The lowest BCUT2D eigenvalue weighted by Gasteiger charge is -1.99. The van der Waals surface area contributed by atoms with Crippen molar-refractivity contribution in [3.8, 4) is 11.3 Å². The van der Waals surface area contributed by atoms with Crippen LogP contribution in [-0.4, -0.2) is 4.98 Å². The molecule has 0 fully saturated rings. The van der Waals surface area contributed by atoms with Crippen LogP contribution >= 0.6 is 27.5 Å². The van der Waals surface area contributed by atoms with Gasteiger partial charge < -0.3 is 4.42 Å². The standard InChI is InChI=1S/C10H6BrClFNO/c11-6-1-2-8(13)7(3-6)9-5-14-10(4-12)15-9/h1-3,5H,4H2. The Morgan fingerprint density at radius 2 is 2.27 bits per heavy atom. The first-order chi connectivity index (χ1) is 7.20. The molecule has 0 unspecified atom stereocenters. The van der Waals surface area contributed by atoms with Crippen LogP contribution in [0, 0.1) is 5.82 Å². The van der Waals surface area contributed by atoms with Gasteiger partial charge in [-0.15, -0.1) is 11.6 Å². The first kappa shape index (κ1) is 10.6. The summed E-state index contributed by atoms with van der Waals surface area (Å²) in [5.41, 5.74) is 0.369. The van der Waals surface area contributed by atoms with E-state index < -0.39 is 0 Å². The quantitative estimate of drug-likeness (QED) is 0.782. The molecule has 2 rings (SSSR count). The Balaban J connectivity index is 2.48. The van der Waals surface area contributed by atoms with Gasteiger partial charge in [-0.3, -0.25) is 0 Å². The number of nitrogens with zero attached hydrogens (tertiary/aromatic N) is 1. The zero-order valence-corrected chi connectivity index (χ0v) is 9.85. The molecule has 0 spiro atoms. The number of oxazole rings is 1. The molecule has 0 aliphatic carbocycles. The van der Waals surface area contributed by atoms with Crippen molar-refractivity contribution in [3.05, 3.63) is 40.6 Å². The fourth-order valence-corrected chi connectivity index (χ4v) is 1.67. The number of aromatic nitrogens is 1. The molecule has 2 aromatic rings. The molecule has 0 amide bonds. The van der Waals surface area contributed by atoms with Crippen molar-refractivity contribution in [2.45, 2.75) is 5.88 Å². The predicted molar refractivity (Wildman–Crippen MR) is 59.2 cm³/mol. The number of alkyl halides is 1. The van der Waals surface area contributed by atoms with Crippen LogP contribution in [0.1, 0.15) is 5.89 Å². The molecular weight excluding hydrogens is 284 g/mol. The summed E-state index contributed by atoms with van der Waals surface area (Å²) < 4.78 is 19.5. The Morgan fingerprint density at radius 3 is 2.93 bits per heavy atom. The van der Waals surface area contributed by atoms with Crippen LogP contribution < -0.4 is 0 Å². The molecule has 0 radical (unpaired) electrons. The van der Waals surface area contributed by atoms with Crippen molar-refractivity contribution in [1.29, 1.82) is 0 Å². The lowest BCUT2D eigenvalue weighted by Crippen LogP contribution is -1.81. The van der Waals surface area contributed by atoms with Gasteiger partial charge in [0.15, 0.2) is 5.76 Å². The lowest BCUT2D eigenvalue weighted by atomic mass is 10.2. The van der Waals surface area contributed by atoms with Crippen molar-refractivity contribution in [2.75, 3.05) is 0 Å². The summed E-state index contributed by atoms with van der Waals surface area (Å²) in [5, 5.41) is 0. The van der Waals surface area contributed by atoms with Crippen LogP contribution in [-0.2, 0) is 5.88 Å². The van der Waals surface area contributed by atoms with E-state index in [0.717, 1.165) is 4.47 Å². The second-order valence-electron chi connectivity index (χ2n) is 2.88. The summed E-state index contributed by atoms with van der Waals surface area (Å²) in [7, 11) is 0. The van der Waals surface area contributed by atoms with Gasteiger partial charge >= 0.3 is 0 Å². The smallest absolute Gasteiger partial charge is 0.209 e. The van der Waals surface area contributed by atoms with Crippen LogP contribution in [0.4, 0.5) is 4.39 Å². The second kappa shape index (κ2) is 4.33. The first-order valence-corrected chi connectivity index (χ1v) is 5.49. The van der Waals surface area contributed by atoms with Crippen LogP contribution in [0.3, 0.4) is 0 Å². The van der Waals surface area contributed by atoms with Gasteiger partial charge in [0.25, 0.3) is 0 Å². The molecule has 0 aliphatic rings. The third-order valence-electron chi connectivity index (χ3n) is 1.86. The molecule has 0 aliphatic heterocycles. The van der Waals surface area contributed by atoms with Gasteiger partial charge in [0.2, 0.25) is 5.89 Å². The number of hydrogen-bond donors (Lipinski definition) is 0. The Kier molecular flexibility index (Phi) is 3.07. The monoisotopic (exact) mass is 289 g/mol. The minimum Gasteiger partial charge on any atom is -0.439 e. The highest BCUT2D eigenvalue weighted by Crippen LogP contribution is 2.27. The topological polar surface area (TPSA) is 26.0 Å². The summed E-state index contributed by atoms with van der Waals surface area (Å²) in [6, 6.07) is 4.62. The van der Waals surface area contributed by atoms with Crippen molar-refractivity contribution < 1.29 is 8.81 Å². The maximum Gasteiger partial charge on any atom is 0.209 e. The molecule has 0 N–H and O–H groups in total. The van der Waals surface area contributed by atoms with E-state index >= 15 is 0 Å². The highest BCUT2D eigenvalue weighted by molar-refractivity contribution is 9.10. The van der Waals surface area contributed by atoms with Gasteiger partial charge in [-0.05, 0) is 18.2 Å².